The Morgan fingerprint density at radius 2 is 2.00 bits per heavy atom. The van der Waals surface area contributed by atoms with Crippen LogP contribution < -0.4 is 5.32 Å². The summed E-state index contributed by atoms with van der Waals surface area (Å²) < 4.78 is 0. The van der Waals surface area contributed by atoms with Gasteiger partial charge in [0.15, 0.2) is 0 Å². The van der Waals surface area contributed by atoms with E-state index in [-0.39, 0.29) is 11.3 Å². The number of anilines is 1. The van der Waals surface area contributed by atoms with Crippen molar-refractivity contribution in [1.29, 1.82) is 0 Å². The second kappa shape index (κ2) is 6.47. The number of nitrogens with one attached hydrogen (secondary N) is 1. The van der Waals surface area contributed by atoms with Crippen LogP contribution in [0, 0.1) is 10.1 Å². The Morgan fingerprint density at radius 1 is 1.29 bits per heavy atom. The van der Waals surface area contributed by atoms with Crippen LogP contribution in [-0.4, -0.2) is 27.5 Å². The molecule has 0 spiro atoms. The van der Waals surface area contributed by atoms with E-state index in [4.69, 9.17) is 5.11 Å². The van der Waals surface area contributed by atoms with Gasteiger partial charge in [-0.05, 0) is 24.1 Å². The quantitative estimate of drug-likeness (QED) is 0.624. The largest absolute Gasteiger partial charge is 0.478 e. The summed E-state index contributed by atoms with van der Waals surface area (Å²) in [5.74, 6) is -0.729. The zero-order chi connectivity index (χ0) is 15.2. The molecular formula is C14H13N3O4. The molecule has 0 saturated heterocycles. The predicted octanol–water partition coefficient (Wildman–Crippen LogP) is 2.34. The molecule has 0 aliphatic heterocycles. The van der Waals surface area contributed by atoms with E-state index in [1.54, 1.807) is 18.2 Å². The van der Waals surface area contributed by atoms with Gasteiger partial charge >= 0.3 is 5.97 Å². The van der Waals surface area contributed by atoms with E-state index in [9.17, 15) is 14.9 Å². The number of carboxylic acids is 1. The van der Waals surface area contributed by atoms with Gasteiger partial charge in [-0.2, -0.15) is 0 Å². The molecule has 2 aromatic rings. The highest BCUT2D eigenvalue weighted by molar-refractivity contribution is 5.92. The monoisotopic (exact) mass is 287 g/mol. The number of carboxylic acid groups (broad SMARTS) is 1. The number of aromatic nitrogens is 1. The molecular weight excluding hydrogens is 274 g/mol. The molecule has 2 N–H and O–H groups in total. The van der Waals surface area contributed by atoms with Crippen molar-refractivity contribution in [3.05, 3.63) is 63.8 Å². The van der Waals surface area contributed by atoms with Crippen molar-refractivity contribution >= 4 is 17.5 Å². The Hall–Kier alpha value is -2.96. The Balaban J connectivity index is 1.95. The van der Waals surface area contributed by atoms with Gasteiger partial charge in [0.25, 0.3) is 5.69 Å². The van der Waals surface area contributed by atoms with Crippen molar-refractivity contribution in [1.82, 2.24) is 4.98 Å². The highest BCUT2D eigenvalue weighted by Gasteiger charge is 2.10. The van der Waals surface area contributed by atoms with Crippen LogP contribution in [0.25, 0.3) is 0 Å². The molecule has 0 aliphatic rings. The maximum atomic E-state index is 11.0. The van der Waals surface area contributed by atoms with Crippen LogP contribution in [0.3, 0.4) is 0 Å². The van der Waals surface area contributed by atoms with Crippen LogP contribution in [0.15, 0.2) is 42.6 Å². The van der Waals surface area contributed by atoms with E-state index in [0.717, 1.165) is 5.56 Å². The third-order valence-corrected chi connectivity index (χ3v) is 2.89. The number of non-ortho nitro benzene ring substituents is 1. The van der Waals surface area contributed by atoms with Crippen LogP contribution in [0.2, 0.25) is 0 Å². The molecule has 1 aromatic heterocycles. The van der Waals surface area contributed by atoms with E-state index in [1.807, 2.05) is 0 Å². The molecule has 0 aliphatic carbocycles. The molecule has 7 nitrogen and oxygen atoms in total. The summed E-state index contributed by atoms with van der Waals surface area (Å²) in [7, 11) is 0. The molecule has 0 bridgehead atoms. The summed E-state index contributed by atoms with van der Waals surface area (Å²) in [6.07, 6.45) is 2.12. The van der Waals surface area contributed by atoms with Gasteiger partial charge < -0.3 is 10.4 Å². The van der Waals surface area contributed by atoms with Crippen LogP contribution in [0.4, 0.5) is 11.5 Å². The van der Waals surface area contributed by atoms with E-state index < -0.39 is 10.9 Å². The number of carbonyl (C=O) groups is 1. The van der Waals surface area contributed by atoms with Crippen molar-refractivity contribution in [3.63, 3.8) is 0 Å². The van der Waals surface area contributed by atoms with Gasteiger partial charge in [-0.3, -0.25) is 10.1 Å². The van der Waals surface area contributed by atoms with E-state index >= 15 is 0 Å². The normalized spacial score (nSPS) is 10.1. The van der Waals surface area contributed by atoms with Crippen molar-refractivity contribution < 1.29 is 14.8 Å². The van der Waals surface area contributed by atoms with Gasteiger partial charge in [0.2, 0.25) is 0 Å². The molecule has 2 rings (SSSR count). The summed E-state index contributed by atoms with van der Waals surface area (Å²) in [4.78, 5) is 25.1. The Bertz CT molecular complexity index is 656. The maximum absolute atomic E-state index is 11.0. The van der Waals surface area contributed by atoms with E-state index in [1.165, 1.54) is 24.4 Å². The lowest BCUT2D eigenvalue weighted by Gasteiger charge is -2.08. The van der Waals surface area contributed by atoms with E-state index in [2.05, 4.69) is 10.3 Å². The number of nitro groups is 1. The Morgan fingerprint density at radius 3 is 2.62 bits per heavy atom. The average molecular weight is 287 g/mol. The number of benzene rings is 1. The molecule has 0 amide bonds. The van der Waals surface area contributed by atoms with Crippen LogP contribution in [-0.2, 0) is 6.42 Å². The summed E-state index contributed by atoms with van der Waals surface area (Å²) in [5, 5.41) is 22.5. The minimum Gasteiger partial charge on any atom is -0.478 e. The number of rotatable bonds is 6. The lowest BCUT2D eigenvalue weighted by Crippen LogP contribution is -2.11. The first kappa shape index (κ1) is 14.4. The van der Waals surface area contributed by atoms with Crippen molar-refractivity contribution in [2.75, 3.05) is 11.9 Å². The summed E-state index contributed by atoms with van der Waals surface area (Å²) >= 11 is 0. The number of nitro benzene ring substituents is 1. The summed E-state index contributed by atoms with van der Waals surface area (Å²) in [5.41, 5.74) is 1.08. The summed E-state index contributed by atoms with van der Waals surface area (Å²) in [6, 6.07) is 9.28. The third kappa shape index (κ3) is 3.75. The maximum Gasteiger partial charge on any atom is 0.339 e. The number of hydrogen-bond donors (Lipinski definition) is 2. The average Bonchev–Trinajstić information content (AvgIpc) is 2.48. The first-order valence-electron chi connectivity index (χ1n) is 6.23. The van der Waals surface area contributed by atoms with Crippen LogP contribution in [0.5, 0.6) is 0 Å². The SMILES string of the molecule is O=C(O)c1cccnc1NCCc1ccc([N+](=O)[O-])cc1. The number of aromatic carboxylic acids is 1. The van der Waals surface area contributed by atoms with Gasteiger partial charge in [0.05, 0.1) is 4.92 Å². The fourth-order valence-corrected chi connectivity index (χ4v) is 1.83. The molecule has 0 radical (unpaired) electrons. The number of hydrogen-bond acceptors (Lipinski definition) is 5. The van der Waals surface area contributed by atoms with Crippen molar-refractivity contribution in [3.8, 4) is 0 Å². The van der Waals surface area contributed by atoms with Gasteiger partial charge in [0, 0.05) is 24.9 Å². The standard InChI is InChI=1S/C14H13N3O4/c18-14(19)12-2-1-8-15-13(12)16-9-7-10-3-5-11(6-4-10)17(20)21/h1-6,8H,7,9H2,(H,15,16)(H,18,19). The first-order chi connectivity index (χ1) is 10.1. The molecule has 7 heteroatoms. The van der Waals surface area contributed by atoms with E-state index in [0.29, 0.717) is 18.8 Å². The highest BCUT2D eigenvalue weighted by Crippen LogP contribution is 2.14. The fraction of sp³-hybridized carbons (Fsp3) is 0.143. The molecule has 108 valence electrons. The predicted molar refractivity (Wildman–Crippen MR) is 76.5 cm³/mol. The molecule has 1 aromatic carbocycles. The van der Waals surface area contributed by atoms with Gasteiger partial charge in [-0.25, -0.2) is 9.78 Å². The van der Waals surface area contributed by atoms with Gasteiger partial charge in [0.1, 0.15) is 11.4 Å². The zero-order valence-corrected chi connectivity index (χ0v) is 11.0. The summed E-state index contributed by atoms with van der Waals surface area (Å²) in [6.45, 7) is 0.481. The topological polar surface area (TPSA) is 105 Å². The first-order valence-corrected chi connectivity index (χ1v) is 6.23. The highest BCUT2D eigenvalue weighted by atomic mass is 16.6. The lowest BCUT2D eigenvalue weighted by atomic mass is 10.1. The van der Waals surface area contributed by atoms with Crippen molar-refractivity contribution in [2.24, 2.45) is 0 Å². The van der Waals surface area contributed by atoms with Crippen LogP contribution in [0.1, 0.15) is 15.9 Å². The van der Waals surface area contributed by atoms with Gasteiger partial charge in [-0.1, -0.05) is 12.1 Å². The molecule has 0 saturated carbocycles. The van der Waals surface area contributed by atoms with Gasteiger partial charge in [-0.15, -0.1) is 0 Å². The Labute approximate surface area is 120 Å². The fourth-order valence-electron chi connectivity index (χ4n) is 1.83. The molecule has 0 atom stereocenters. The zero-order valence-electron chi connectivity index (χ0n) is 11.0. The smallest absolute Gasteiger partial charge is 0.339 e. The second-order valence-electron chi connectivity index (χ2n) is 4.31. The minimum absolute atomic E-state index is 0.0459. The molecule has 0 fully saturated rings. The van der Waals surface area contributed by atoms with Crippen LogP contribution >= 0.6 is 0 Å². The Kier molecular flexibility index (Phi) is 4.45. The number of nitrogens with zero attached hydrogens (tertiary/aromatic N) is 2. The second-order valence-corrected chi connectivity index (χ2v) is 4.31. The number of pyridine rings is 1. The molecule has 0 unspecified atom stereocenters. The third-order valence-electron chi connectivity index (χ3n) is 2.89. The lowest BCUT2D eigenvalue weighted by molar-refractivity contribution is -0.384. The van der Waals surface area contributed by atoms with Crippen molar-refractivity contribution in [2.45, 2.75) is 6.42 Å². The molecule has 21 heavy (non-hydrogen) atoms. The minimum atomic E-state index is -1.04. The molecule has 1 heterocycles.